The SMILES string of the molecule is CCCC(N)Nc1nc(N)nc2cn(Cc3ccc(CN(CC(C=O)CCOCCN)C4CCC4)cc3OC)nc12. The van der Waals surface area contributed by atoms with E-state index in [0.717, 1.165) is 55.4 Å². The van der Waals surface area contributed by atoms with E-state index >= 15 is 0 Å². The minimum absolute atomic E-state index is 0.0727. The Balaban J connectivity index is 1.47. The number of methoxy groups -OCH3 is 1. The van der Waals surface area contributed by atoms with Crippen molar-refractivity contribution in [2.75, 3.05) is 44.5 Å². The Kier molecular flexibility index (Phi) is 11.3. The van der Waals surface area contributed by atoms with Gasteiger partial charge in [0.05, 0.1) is 32.6 Å². The Morgan fingerprint density at radius 1 is 1.24 bits per heavy atom. The van der Waals surface area contributed by atoms with E-state index in [0.29, 0.717) is 62.2 Å². The van der Waals surface area contributed by atoms with Crippen LogP contribution in [0.15, 0.2) is 24.4 Å². The van der Waals surface area contributed by atoms with Gasteiger partial charge >= 0.3 is 0 Å². The van der Waals surface area contributed by atoms with Gasteiger partial charge in [-0.3, -0.25) is 9.58 Å². The van der Waals surface area contributed by atoms with Crippen molar-refractivity contribution in [3.8, 4) is 5.75 Å². The fourth-order valence-electron chi connectivity index (χ4n) is 5.16. The van der Waals surface area contributed by atoms with Crippen molar-refractivity contribution < 1.29 is 14.3 Å². The summed E-state index contributed by atoms with van der Waals surface area (Å²) in [5.74, 6) is 1.41. The van der Waals surface area contributed by atoms with Crippen molar-refractivity contribution in [2.45, 2.75) is 70.7 Å². The number of carbonyl (C=O) groups excluding carboxylic acids is 1. The molecule has 2 atom stereocenters. The van der Waals surface area contributed by atoms with E-state index in [-0.39, 0.29) is 18.0 Å². The van der Waals surface area contributed by atoms with Crippen LogP contribution in [-0.2, 0) is 22.6 Å². The number of ether oxygens (including phenoxy) is 2. The van der Waals surface area contributed by atoms with Crippen LogP contribution in [0.1, 0.15) is 56.6 Å². The van der Waals surface area contributed by atoms with Crippen LogP contribution < -0.4 is 27.3 Å². The topological polar surface area (TPSA) is 172 Å². The summed E-state index contributed by atoms with van der Waals surface area (Å²) in [7, 11) is 1.68. The van der Waals surface area contributed by atoms with Crippen LogP contribution in [0.3, 0.4) is 0 Å². The molecule has 0 aliphatic heterocycles. The fraction of sp³-hybridized carbons (Fsp3) is 0.586. The van der Waals surface area contributed by atoms with Crippen molar-refractivity contribution in [1.29, 1.82) is 0 Å². The molecule has 7 N–H and O–H groups in total. The van der Waals surface area contributed by atoms with Crippen LogP contribution in [0.2, 0.25) is 0 Å². The van der Waals surface area contributed by atoms with Crippen molar-refractivity contribution >= 4 is 29.1 Å². The molecular formula is C29H45N9O3. The first-order valence-corrected chi connectivity index (χ1v) is 14.6. The zero-order chi connectivity index (χ0) is 29.2. The number of nitrogen functional groups attached to an aromatic ring is 1. The van der Waals surface area contributed by atoms with Gasteiger partial charge < -0.3 is 36.8 Å². The minimum atomic E-state index is -0.249. The Bertz CT molecular complexity index is 1260. The smallest absolute Gasteiger partial charge is 0.222 e. The van der Waals surface area contributed by atoms with E-state index in [1.165, 1.54) is 6.42 Å². The van der Waals surface area contributed by atoms with Crippen LogP contribution >= 0.6 is 0 Å². The van der Waals surface area contributed by atoms with Crippen LogP contribution in [0.25, 0.3) is 11.0 Å². The highest BCUT2D eigenvalue weighted by atomic mass is 16.5. The maximum atomic E-state index is 11.8. The average Bonchev–Trinajstić information content (AvgIpc) is 3.32. The number of nitrogens with two attached hydrogens (primary N) is 3. The summed E-state index contributed by atoms with van der Waals surface area (Å²) in [4.78, 5) is 22.9. The number of anilines is 2. The first-order chi connectivity index (χ1) is 19.9. The van der Waals surface area contributed by atoms with Gasteiger partial charge in [-0.25, -0.2) is 4.98 Å². The fourth-order valence-corrected chi connectivity index (χ4v) is 5.16. The number of hydrogen-bond acceptors (Lipinski definition) is 11. The van der Waals surface area contributed by atoms with Crippen LogP contribution in [0.5, 0.6) is 5.75 Å². The van der Waals surface area contributed by atoms with E-state index in [1.807, 2.05) is 10.9 Å². The summed E-state index contributed by atoms with van der Waals surface area (Å²) < 4.78 is 13.1. The third-order valence-corrected chi connectivity index (χ3v) is 7.57. The number of carbonyl (C=O) groups is 1. The molecular weight excluding hydrogens is 522 g/mol. The molecule has 1 fully saturated rings. The standard InChI is InChI=1S/C29H45N9O3/c1-3-5-26(31)34-28-27-24(33-29(32)35-28)18-38(36-27)17-22-9-8-20(14-25(22)40-2)15-37(23-6-4-7-23)16-21(19-39)10-12-41-13-11-30/h8-9,14,18-19,21,23,26H,3-7,10-13,15-17,30-31H2,1-2H3,(H3,32,33,34,35). The summed E-state index contributed by atoms with van der Waals surface area (Å²) in [6.45, 7) is 5.59. The van der Waals surface area contributed by atoms with Gasteiger partial charge in [0.1, 0.15) is 17.6 Å². The lowest BCUT2D eigenvalue weighted by Crippen LogP contribution is -2.42. The minimum Gasteiger partial charge on any atom is -0.496 e. The highest BCUT2D eigenvalue weighted by molar-refractivity contribution is 5.85. The lowest BCUT2D eigenvalue weighted by Gasteiger charge is -2.39. The molecule has 4 rings (SSSR count). The molecule has 41 heavy (non-hydrogen) atoms. The number of fused-ring (bicyclic) bond motifs is 1. The maximum Gasteiger partial charge on any atom is 0.222 e. The molecule has 12 nitrogen and oxygen atoms in total. The monoisotopic (exact) mass is 567 g/mol. The predicted octanol–water partition coefficient (Wildman–Crippen LogP) is 2.50. The zero-order valence-electron chi connectivity index (χ0n) is 24.3. The Labute approximate surface area is 241 Å². The van der Waals surface area contributed by atoms with Crippen LogP contribution in [0.4, 0.5) is 11.8 Å². The largest absolute Gasteiger partial charge is 0.496 e. The van der Waals surface area contributed by atoms with Crippen LogP contribution in [0, 0.1) is 5.92 Å². The highest BCUT2D eigenvalue weighted by Crippen LogP contribution is 2.29. The van der Waals surface area contributed by atoms with Gasteiger partial charge in [-0.05, 0) is 37.3 Å². The van der Waals surface area contributed by atoms with E-state index in [4.69, 9.17) is 31.8 Å². The van der Waals surface area contributed by atoms with E-state index in [1.54, 1.807) is 7.11 Å². The van der Waals surface area contributed by atoms with Gasteiger partial charge in [0, 0.05) is 43.8 Å². The molecule has 0 spiro atoms. The second-order valence-electron chi connectivity index (χ2n) is 10.8. The Morgan fingerprint density at radius 3 is 2.76 bits per heavy atom. The van der Waals surface area contributed by atoms with Gasteiger partial charge in [0.25, 0.3) is 0 Å². The molecule has 1 aromatic carbocycles. The van der Waals surface area contributed by atoms with E-state index in [9.17, 15) is 4.79 Å². The lowest BCUT2D eigenvalue weighted by atomic mass is 9.90. The van der Waals surface area contributed by atoms with Gasteiger partial charge in [-0.2, -0.15) is 10.1 Å². The molecule has 3 aromatic rings. The summed E-state index contributed by atoms with van der Waals surface area (Å²) in [6.07, 6.45) is 8.65. The third kappa shape index (κ3) is 8.35. The Hall–Kier alpha value is -3.32. The number of nitrogens with one attached hydrogen (secondary N) is 1. The predicted molar refractivity (Wildman–Crippen MR) is 160 cm³/mol. The molecule has 0 radical (unpaired) electrons. The molecule has 1 aliphatic carbocycles. The molecule has 1 aliphatic rings. The summed E-state index contributed by atoms with van der Waals surface area (Å²) in [6, 6.07) is 6.78. The van der Waals surface area contributed by atoms with Crippen molar-refractivity contribution in [3.63, 3.8) is 0 Å². The second-order valence-corrected chi connectivity index (χ2v) is 10.8. The first-order valence-electron chi connectivity index (χ1n) is 14.6. The summed E-state index contributed by atoms with van der Waals surface area (Å²) in [5, 5.41) is 7.95. The normalized spacial score (nSPS) is 15.1. The number of benzene rings is 1. The number of nitrogens with zero attached hydrogens (tertiary/aromatic N) is 5. The highest BCUT2D eigenvalue weighted by Gasteiger charge is 2.27. The molecule has 2 aromatic heterocycles. The van der Waals surface area contributed by atoms with E-state index < -0.39 is 0 Å². The number of aromatic nitrogens is 4. The zero-order valence-corrected chi connectivity index (χ0v) is 24.3. The molecule has 2 unspecified atom stereocenters. The number of hydrogen-bond donors (Lipinski definition) is 4. The lowest BCUT2D eigenvalue weighted by molar-refractivity contribution is -0.112. The summed E-state index contributed by atoms with van der Waals surface area (Å²) >= 11 is 0. The summed E-state index contributed by atoms with van der Waals surface area (Å²) in [5.41, 5.74) is 21.0. The quantitative estimate of drug-likeness (QED) is 0.101. The number of aldehydes is 1. The number of rotatable bonds is 18. The van der Waals surface area contributed by atoms with Crippen molar-refractivity contribution in [3.05, 3.63) is 35.5 Å². The van der Waals surface area contributed by atoms with Crippen LogP contribution in [-0.4, -0.2) is 76.6 Å². The van der Waals surface area contributed by atoms with E-state index in [2.05, 4.69) is 45.3 Å². The van der Waals surface area contributed by atoms with Gasteiger partial charge in [0.2, 0.25) is 5.95 Å². The molecule has 224 valence electrons. The van der Waals surface area contributed by atoms with Crippen molar-refractivity contribution in [1.82, 2.24) is 24.6 Å². The molecule has 2 heterocycles. The molecule has 12 heteroatoms. The van der Waals surface area contributed by atoms with Gasteiger partial charge in [0.15, 0.2) is 11.3 Å². The van der Waals surface area contributed by atoms with Gasteiger partial charge in [-0.15, -0.1) is 0 Å². The average molecular weight is 568 g/mol. The molecule has 0 saturated heterocycles. The van der Waals surface area contributed by atoms with Gasteiger partial charge in [-0.1, -0.05) is 31.9 Å². The third-order valence-electron chi connectivity index (χ3n) is 7.57. The maximum absolute atomic E-state index is 11.8. The first kappa shape index (κ1) is 30.6. The molecule has 0 amide bonds. The van der Waals surface area contributed by atoms with Crippen molar-refractivity contribution in [2.24, 2.45) is 17.4 Å². The Morgan fingerprint density at radius 2 is 2.07 bits per heavy atom. The molecule has 0 bridgehead atoms. The second kappa shape index (κ2) is 15.1. The molecule has 1 saturated carbocycles.